The lowest BCUT2D eigenvalue weighted by molar-refractivity contribution is 0.415. The SMILES string of the molecule is CC=CC=Cc1ccc(OC)cc1Cl. The molecule has 1 aromatic carbocycles. The molecule has 0 amide bonds. The van der Waals surface area contributed by atoms with Crippen LogP contribution in [0.25, 0.3) is 6.08 Å². The Morgan fingerprint density at radius 3 is 2.64 bits per heavy atom. The lowest BCUT2D eigenvalue weighted by atomic mass is 10.2. The number of benzene rings is 1. The highest BCUT2D eigenvalue weighted by Gasteiger charge is 1.97. The fraction of sp³-hybridized carbons (Fsp3) is 0.167. The summed E-state index contributed by atoms with van der Waals surface area (Å²) in [6.45, 7) is 1.97. The van der Waals surface area contributed by atoms with E-state index in [0.717, 1.165) is 11.3 Å². The van der Waals surface area contributed by atoms with Crippen LogP contribution in [0.1, 0.15) is 12.5 Å². The average Bonchev–Trinajstić information content (AvgIpc) is 2.20. The standard InChI is InChI=1S/C12H13ClO/c1-3-4-5-6-10-7-8-11(14-2)9-12(10)13/h3-9H,1-2H3. The van der Waals surface area contributed by atoms with Gasteiger partial charge < -0.3 is 4.74 Å². The summed E-state index contributed by atoms with van der Waals surface area (Å²) < 4.78 is 5.05. The molecule has 0 saturated carbocycles. The van der Waals surface area contributed by atoms with Gasteiger partial charge in [0.2, 0.25) is 0 Å². The Morgan fingerprint density at radius 1 is 1.29 bits per heavy atom. The van der Waals surface area contributed by atoms with E-state index in [1.807, 2.05) is 43.4 Å². The van der Waals surface area contributed by atoms with Crippen LogP contribution < -0.4 is 4.74 Å². The van der Waals surface area contributed by atoms with Gasteiger partial charge in [0.1, 0.15) is 5.75 Å². The first-order valence-corrected chi connectivity index (χ1v) is 4.78. The van der Waals surface area contributed by atoms with Gasteiger partial charge >= 0.3 is 0 Å². The molecule has 1 aromatic rings. The molecule has 1 rings (SSSR count). The predicted molar refractivity (Wildman–Crippen MR) is 61.9 cm³/mol. The average molecular weight is 209 g/mol. The summed E-state index contributed by atoms with van der Waals surface area (Å²) in [6, 6.07) is 5.62. The molecular weight excluding hydrogens is 196 g/mol. The topological polar surface area (TPSA) is 9.23 Å². The summed E-state index contributed by atoms with van der Waals surface area (Å²) in [5, 5.41) is 0.699. The van der Waals surface area contributed by atoms with Crippen molar-refractivity contribution in [3.63, 3.8) is 0 Å². The summed E-state index contributed by atoms with van der Waals surface area (Å²) in [6.07, 6.45) is 7.84. The van der Waals surface area contributed by atoms with E-state index in [-0.39, 0.29) is 0 Å². The molecule has 0 atom stereocenters. The quantitative estimate of drug-likeness (QED) is 0.684. The van der Waals surface area contributed by atoms with Gasteiger partial charge in [-0.2, -0.15) is 0 Å². The first-order valence-electron chi connectivity index (χ1n) is 4.41. The molecule has 0 aliphatic heterocycles. The normalized spacial score (nSPS) is 11.4. The molecule has 0 aliphatic carbocycles. The van der Waals surface area contributed by atoms with Crippen molar-refractivity contribution in [2.75, 3.05) is 7.11 Å². The van der Waals surface area contributed by atoms with Crippen molar-refractivity contribution in [1.29, 1.82) is 0 Å². The van der Waals surface area contributed by atoms with Crippen LogP contribution in [0.15, 0.2) is 36.4 Å². The second-order valence-electron chi connectivity index (χ2n) is 2.77. The van der Waals surface area contributed by atoms with Crippen molar-refractivity contribution in [1.82, 2.24) is 0 Å². The predicted octanol–water partition coefficient (Wildman–Crippen LogP) is 3.94. The molecule has 0 aromatic heterocycles. The molecule has 0 bridgehead atoms. The first kappa shape index (κ1) is 10.9. The van der Waals surface area contributed by atoms with E-state index in [1.54, 1.807) is 13.2 Å². The Bertz CT molecular complexity index is 353. The van der Waals surface area contributed by atoms with Gasteiger partial charge in [-0.1, -0.05) is 35.9 Å². The van der Waals surface area contributed by atoms with Crippen molar-refractivity contribution < 1.29 is 4.74 Å². The molecule has 0 saturated heterocycles. The summed E-state index contributed by atoms with van der Waals surface area (Å²) in [7, 11) is 1.63. The van der Waals surface area contributed by atoms with E-state index >= 15 is 0 Å². The number of hydrogen-bond acceptors (Lipinski definition) is 1. The van der Waals surface area contributed by atoms with Gasteiger partial charge in [-0.15, -0.1) is 0 Å². The van der Waals surface area contributed by atoms with Crippen LogP contribution in [-0.4, -0.2) is 7.11 Å². The van der Waals surface area contributed by atoms with Gasteiger partial charge in [0, 0.05) is 0 Å². The van der Waals surface area contributed by atoms with Crippen molar-refractivity contribution >= 4 is 17.7 Å². The number of methoxy groups -OCH3 is 1. The summed E-state index contributed by atoms with van der Waals surface area (Å²) in [4.78, 5) is 0. The number of halogens is 1. The van der Waals surface area contributed by atoms with Crippen molar-refractivity contribution in [3.05, 3.63) is 47.0 Å². The number of rotatable bonds is 3. The zero-order valence-corrected chi connectivity index (χ0v) is 9.08. The molecule has 0 spiro atoms. The van der Waals surface area contributed by atoms with Crippen LogP contribution >= 0.6 is 11.6 Å². The third-order valence-electron chi connectivity index (χ3n) is 1.79. The van der Waals surface area contributed by atoms with Gasteiger partial charge in [-0.3, -0.25) is 0 Å². The minimum absolute atomic E-state index is 0.699. The number of hydrogen-bond donors (Lipinski definition) is 0. The molecule has 0 unspecified atom stereocenters. The number of allylic oxidation sites excluding steroid dienone is 3. The Morgan fingerprint density at radius 2 is 2.07 bits per heavy atom. The third kappa shape index (κ3) is 2.93. The van der Waals surface area contributed by atoms with Crippen LogP contribution in [0.2, 0.25) is 5.02 Å². The van der Waals surface area contributed by atoms with Gasteiger partial charge in [-0.25, -0.2) is 0 Å². The van der Waals surface area contributed by atoms with Crippen LogP contribution in [-0.2, 0) is 0 Å². The van der Waals surface area contributed by atoms with Gasteiger partial charge in [-0.05, 0) is 30.7 Å². The van der Waals surface area contributed by atoms with Crippen LogP contribution in [0.5, 0.6) is 5.75 Å². The zero-order valence-electron chi connectivity index (χ0n) is 8.33. The van der Waals surface area contributed by atoms with E-state index in [1.165, 1.54) is 0 Å². The maximum absolute atomic E-state index is 6.03. The minimum atomic E-state index is 0.699. The summed E-state index contributed by atoms with van der Waals surface area (Å²) in [5.41, 5.74) is 0.991. The maximum atomic E-state index is 6.03. The van der Waals surface area contributed by atoms with Crippen LogP contribution in [0.4, 0.5) is 0 Å². The van der Waals surface area contributed by atoms with Gasteiger partial charge in [0.05, 0.1) is 12.1 Å². The Labute approximate surface area is 89.7 Å². The van der Waals surface area contributed by atoms with Crippen molar-refractivity contribution in [2.24, 2.45) is 0 Å². The van der Waals surface area contributed by atoms with Gasteiger partial charge in [0.15, 0.2) is 0 Å². The maximum Gasteiger partial charge on any atom is 0.120 e. The number of ether oxygens (including phenoxy) is 1. The molecule has 0 heterocycles. The molecule has 0 N–H and O–H groups in total. The lowest BCUT2D eigenvalue weighted by Gasteiger charge is -2.02. The fourth-order valence-corrected chi connectivity index (χ4v) is 1.27. The smallest absolute Gasteiger partial charge is 0.120 e. The van der Waals surface area contributed by atoms with Crippen LogP contribution in [0.3, 0.4) is 0 Å². The second kappa shape index (κ2) is 5.51. The first-order chi connectivity index (χ1) is 6.77. The molecule has 0 aliphatic rings. The van der Waals surface area contributed by atoms with Crippen molar-refractivity contribution in [2.45, 2.75) is 6.92 Å². The summed E-state index contributed by atoms with van der Waals surface area (Å²) >= 11 is 6.03. The van der Waals surface area contributed by atoms with E-state index in [9.17, 15) is 0 Å². The van der Waals surface area contributed by atoms with E-state index in [2.05, 4.69) is 0 Å². The Balaban J connectivity index is 2.89. The highest BCUT2D eigenvalue weighted by Crippen LogP contribution is 2.23. The largest absolute Gasteiger partial charge is 0.497 e. The van der Waals surface area contributed by atoms with E-state index in [0.29, 0.717) is 5.02 Å². The van der Waals surface area contributed by atoms with Gasteiger partial charge in [0.25, 0.3) is 0 Å². The molecule has 0 radical (unpaired) electrons. The molecule has 2 heteroatoms. The van der Waals surface area contributed by atoms with Crippen LogP contribution in [0, 0.1) is 0 Å². The summed E-state index contributed by atoms with van der Waals surface area (Å²) in [5.74, 6) is 0.776. The second-order valence-corrected chi connectivity index (χ2v) is 3.18. The minimum Gasteiger partial charge on any atom is -0.497 e. The molecule has 14 heavy (non-hydrogen) atoms. The van der Waals surface area contributed by atoms with E-state index in [4.69, 9.17) is 16.3 Å². The van der Waals surface area contributed by atoms with E-state index < -0.39 is 0 Å². The Hall–Kier alpha value is -1.21. The Kier molecular flexibility index (Phi) is 4.27. The monoisotopic (exact) mass is 208 g/mol. The zero-order chi connectivity index (χ0) is 10.4. The molecule has 0 fully saturated rings. The highest BCUT2D eigenvalue weighted by molar-refractivity contribution is 6.32. The van der Waals surface area contributed by atoms with Crippen molar-refractivity contribution in [3.8, 4) is 5.75 Å². The molecule has 1 nitrogen and oxygen atoms in total. The molecular formula is C12H13ClO. The molecule has 74 valence electrons. The third-order valence-corrected chi connectivity index (χ3v) is 2.11. The fourth-order valence-electron chi connectivity index (χ4n) is 1.04. The highest BCUT2D eigenvalue weighted by atomic mass is 35.5. The lowest BCUT2D eigenvalue weighted by Crippen LogP contribution is -1.83.